The molecule has 4 heterocycles. The first-order valence-electron chi connectivity index (χ1n) is 6.77. The quantitative estimate of drug-likeness (QED) is 0.731. The van der Waals surface area contributed by atoms with Gasteiger partial charge in [-0.1, -0.05) is 0 Å². The van der Waals surface area contributed by atoms with E-state index >= 15 is 0 Å². The van der Waals surface area contributed by atoms with E-state index in [-0.39, 0.29) is 12.0 Å². The van der Waals surface area contributed by atoms with Crippen molar-refractivity contribution in [3.63, 3.8) is 0 Å². The number of fused-ring (bicyclic) bond motifs is 3. The van der Waals surface area contributed by atoms with Gasteiger partial charge in [0, 0.05) is 12.1 Å². The second kappa shape index (κ2) is 4.21. The van der Waals surface area contributed by atoms with Gasteiger partial charge in [0.1, 0.15) is 0 Å². The Labute approximate surface area is 103 Å². The molecule has 3 unspecified atom stereocenters. The normalized spacial score (nSPS) is 49.1. The minimum absolute atomic E-state index is 0.204. The smallest absolute Gasteiger partial charge is 0.150 e. The molecule has 17 heavy (non-hydrogen) atoms. The molecule has 98 valence electrons. The molecule has 2 N–H and O–H groups in total. The van der Waals surface area contributed by atoms with Crippen LogP contribution in [-0.2, 0) is 9.84 Å². The fourth-order valence-corrected chi connectivity index (χ4v) is 5.85. The molecular weight excluding hydrogens is 236 g/mol. The molecule has 0 aromatic heterocycles. The van der Waals surface area contributed by atoms with E-state index in [1.807, 2.05) is 0 Å². The van der Waals surface area contributed by atoms with Crippen LogP contribution in [0.1, 0.15) is 25.7 Å². The predicted octanol–water partition coefficient (Wildman–Crippen LogP) is 0.233. The molecule has 0 radical (unpaired) electrons. The molecule has 5 heteroatoms. The van der Waals surface area contributed by atoms with Crippen molar-refractivity contribution < 1.29 is 8.42 Å². The van der Waals surface area contributed by atoms with E-state index in [1.165, 1.54) is 12.8 Å². The summed E-state index contributed by atoms with van der Waals surface area (Å²) in [6.45, 7) is 2.25. The van der Waals surface area contributed by atoms with Crippen LogP contribution in [0.3, 0.4) is 0 Å². The highest BCUT2D eigenvalue weighted by Gasteiger charge is 2.45. The maximum atomic E-state index is 11.8. The van der Waals surface area contributed by atoms with E-state index in [0.29, 0.717) is 23.5 Å². The molecule has 4 nitrogen and oxygen atoms in total. The number of nitrogens with two attached hydrogens (primary N) is 1. The summed E-state index contributed by atoms with van der Waals surface area (Å²) >= 11 is 0. The zero-order chi connectivity index (χ0) is 12.0. The van der Waals surface area contributed by atoms with E-state index in [2.05, 4.69) is 4.90 Å². The molecule has 0 amide bonds. The lowest BCUT2D eigenvalue weighted by Gasteiger charge is -2.53. The van der Waals surface area contributed by atoms with E-state index in [1.54, 1.807) is 0 Å². The molecule has 2 bridgehead atoms. The molecule has 0 aromatic carbocycles. The second-order valence-corrected chi connectivity index (χ2v) is 8.19. The molecule has 4 saturated heterocycles. The maximum Gasteiger partial charge on any atom is 0.150 e. The van der Waals surface area contributed by atoms with Gasteiger partial charge in [-0.25, -0.2) is 8.42 Å². The van der Waals surface area contributed by atoms with Crippen LogP contribution < -0.4 is 5.73 Å². The standard InChI is InChI=1S/C12H22N2O2S/c13-11-9-3-5-14(6-4-9)12(11)10-2-1-7-17(15,16)8-10/h9-12H,1-8,13H2. The number of rotatable bonds is 1. The van der Waals surface area contributed by atoms with E-state index in [9.17, 15) is 8.42 Å². The topological polar surface area (TPSA) is 63.4 Å². The van der Waals surface area contributed by atoms with Gasteiger partial charge in [0.15, 0.2) is 9.84 Å². The second-order valence-electron chi connectivity index (χ2n) is 5.96. The fraction of sp³-hybridized carbons (Fsp3) is 1.00. The number of piperidine rings is 3. The van der Waals surface area contributed by atoms with Crippen molar-refractivity contribution in [3.05, 3.63) is 0 Å². The number of hydrogen-bond acceptors (Lipinski definition) is 4. The monoisotopic (exact) mass is 258 g/mol. The molecule has 0 spiro atoms. The fourth-order valence-electron chi connectivity index (χ4n) is 4.06. The van der Waals surface area contributed by atoms with Gasteiger partial charge in [-0.3, -0.25) is 4.90 Å². The van der Waals surface area contributed by atoms with Crippen LogP contribution in [-0.4, -0.2) is 50.0 Å². The molecule has 0 aromatic rings. The Kier molecular flexibility index (Phi) is 2.96. The minimum atomic E-state index is -2.80. The molecule has 4 fully saturated rings. The van der Waals surface area contributed by atoms with Gasteiger partial charge in [0.05, 0.1) is 11.5 Å². The maximum absolute atomic E-state index is 11.8. The molecule has 4 aliphatic rings. The minimum Gasteiger partial charge on any atom is -0.326 e. The highest BCUT2D eigenvalue weighted by molar-refractivity contribution is 7.91. The third-order valence-corrected chi connectivity index (χ3v) is 6.76. The first kappa shape index (κ1) is 11.9. The van der Waals surface area contributed by atoms with Gasteiger partial charge in [-0.05, 0) is 50.6 Å². The highest BCUT2D eigenvalue weighted by atomic mass is 32.2. The first-order chi connectivity index (χ1) is 8.07. The predicted molar refractivity (Wildman–Crippen MR) is 67.4 cm³/mol. The SMILES string of the molecule is NC1C2CCN(CC2)C1C1CCCS(=O)(=O)C1. The Morgan fingerprint density at radius 3 is 2.35 bits per heavy atom. The van der Waals surface area contributed by atoms with Crippen LogP contribution in [0.25, 0.3) is 0 Å². The van der Waals surface area contributed by atoms with Gasteiger partial charge in [-0.2, -0.15) is 0 Å². The van der Waals surface area contributed by atoms with Crippen molar-refractivity contribution in [2.24, 2.45) is 17.6 Å². The first-order valence-corrected chi connectivity index (χ1v) is 8.59. The number of nitrogens with zero attached hydrogens (tertiary/aromatic N) is 1. The number of hydrogen-bond donors (Lipinski definition) is 1. The van der Waals surface area contributed by atoms with E-state index in [4.69, 9.17) is 5.73 Å². The molecule has 4 aliphatic heterocycles. The van der Waals surface area contributed by atoms with Crippen LogP contribution in [0.5, 0.6) is 0 Å². The lowest BCUT2D eigenvalue weighted by molar-refractivity contribution is -0.000130. The van der Waals surface area contributed by atoms with Crippen LogP contribution >= 0.6 is 0 Å². The summed E-state index contributed by atoms with van der Waals surface area (Å²) in [7, 11) is -2.80. The summed E-state index contributed by atoms with van der Waals surface area (Å²) in [6.07, 6.45) is 4.28. The van der Waals surface area contributed by atoms with E-state index in [0.717, 1.165) is 25.9 Å². The summed E-state index contributed by atoms with van der Waals surface area (Å²) in [5.41, 5.74) is 6.35. The summed E-state index contributed by atoms with van der Waals surface area (Å²) in [4.78, 5) is 2.45. The van der Waals surface area contributed by atoms with Crippen LogP contribution in [0.2, 0.25) is 0 Å². The average Bonchev–Trinajstić information content (AvgIpc) is 2.29. The van der Waals surface area contributed by atoms with Crippen molar-refractivity contribution >= 4 is 9.84 Å². The number of sulfone groups is 1. The third-order valence-electron chi connectivity index (χ3n) is 4.92. The zero-order valence-corrected chi connectivity index (χ0v) is 11.0. The van der Waals surface area contributed by atoms with Crippen LogP contribution in [0, 0.1) is 11.8 Å². The van der Waals surface area contributed by atoms with E-state index < -0.39 is 9.84 Å². The highest BCUT2D eigenvalue weighted by Crippen LogP contribution is 2.37. The summed E-state index contributed by atoms with van der Waals surface area (Å²) in [5.74, 6) is 1.67. The molecular formula is C12H22N2O2S. The van der Waals surface area contributed by atoms with Gasteiger partial charge in [-0.15, -0.1) is 0 Å². The van der Waals surface area contributed by atoms with Gasteiger partial charge in [0.25, 0.3) is 0 Å². The van der Waals surface area contributed by atoms with Gasteiger partial charge < -0.3 is 5.73 Å². The molecule has 0 aliphatic carbocycles. The Bertz CT molecular complexity index is 385. The molecule has 0 saturated carbocycles. The largest absolute Gasteiger partial charge is 0.326 e. The van der Waals surface area contributed by atoms with Crippen molar-refractivity contribution in [3.8, 4) is 0 Å². The van der Waals surface area contributed by atoms with Crippen LogP contribution in [0.15, 0.2) is 0 Å². The average molecular weight is 258 g/mol. The summed E-state index contributed by atoms with van der Waals surface area (Å²) in [5, 5.41) is 0. The Morgan fingerprint density at radius 2 is 1.76 bits per heavy atom. The lowest BCUT2D eigenvalue weighted by atomic mass is 9.74. The van der Waals surface area contributed by atoms with Gasteiger partial charge in [0.2, 0.25) is 0 Å². The summed E-state index contributed by atoms with van der Waals surface area (Å²) < 4.78 is 23.5. The Morgan fingerprint density at radius 1 is 1.06 bits per heavy atom. The Hall–Kier alpha value is -0.130. The zero-order valence-electron chi connectivity index (χ0n) is 10.2. The third kappa shape index (κ3) is 2.13. The Balaban J connectivity index is 1.79. The molecule has 4 rings (SSSR count). The van der Waals surface area contributed by atoms with Crippen molar-refractivity contribution in [1.82, 2.24) is 4.90 Å². The van der Waals surface area contributed by atoms with Crippen molar-refractivity contribution in [2.45, 2.75) is 37.8 Å². The lowest BCUT2D eigenvalue weighted by Crippen LogP contribution is -2.64. The van der Waals surface area contributed by atoms with Gasteiger partial charge >= 0.3 is 0 Å². The molecule has 3 atom stereocenters. The van der Waals surface area contributed by atoms with Crippen molar-refractivity contribution in [1.29, 1.82) is 0 Å². The van der Waals surface area contributed by atoms with Crippen LogP contribution in [0.4, 0.5) is 0 Å². The summed E-state index contributed by atoms with van der Waals surface area (Å²) in [6, 6.07) is 0.536. The van der Waals surface area contributed by atoms with Crippen molar-refractivity contribution in [2.75, 3.05) is 24.6 Å².